The zero-order chi connectivity index (χ0) is 19.1. The van der Waals surface area contributed by atoms with Crippen molar-refractivity contribution >= 4 is 50.0 Å². The van der Waals surface area contributed by atoms with Crippen molar-refractivity contribution < 1.29 is 14.3 Å². The molecule has 27 heavy (non-hydrogen) atoms. The first-order valence-corrected chi connectivity index (χ1v) is 9.73. The molecule has 0 spiro atoms. The molecule has 0 aliphatic carbocycles. The van der Waals surface area contributed by atoms with E-state index in [1.54, 1.807) is 18.2 Å². The highest BCUT2D eigenvalue weighted by molar-refractivity contribution is 9.10. The molecule has 0 saturated carbocycles. The summed E-state index contributed by atoms with van der Waals surface area (Å²) in [4.78, 5) is 28.2. The van der Waals surface area contributed by atoms with Crippen molar-refractivity contribution in [2.24, 2.45) is 0 Å². The Morgan fingerprint density at radius 3 is 2.70 bits per heavy atom. The molecule has 2 N–H and O–H groups in total. The van der Waals surface area contributed by atoms with E-state index in [2.05, 4.69) is 31.5 Å². The first kappa shape index (κ1) is 19.1. The lowest BCUT2D eigenvalue weighted by Crippen LogP contribution is -2.30. The molecule has 0 unspecified atom stereocenters. The Morgan fingerprint density at radius 2 is 1.93 bits per heavy atom. The summed E-state index contributed by atoms with van der Waals surface area (Å²) in [5.74, 6) is -0.861. The molecule has 138 valence electrons. The topological polar surface area (TPSA) is 80.3 Å². The van der Waals surface area contributed by atoms with Gasteiger partial charge in [-0.05, 0) is 30.3 Å². The average molecular weight is 446 g/mol. The summed E-state index contributed by atoms with van der Waals surface area (Å²) < 4.78 is 5.95. The monoisotopic (exact) mass is 445 g/mol. The maximum absolute atomic E-state index is 12.0. The van der Waals surface area contributed by atoms with Gasteiger partial charge < -0.3 is 15.4 Å². The van der Waals surface area contributed by atoms with Gasteiger partial charge >= 0.3 is 5.97 Å². The van der Waals surface area contributed by atoms with E-state index in [4.69, 9.17) is 4.74 Å². The second-order valence-electron chi connectivity index (χ2n) is 5.49. The van der Waals surface area contributed by atoms with Crippen LogP contribution in [0.5, 0.6) is 0 Å². The molecule has 3 rings (SSSR count). The molecule has 0 bridgehead atoms. The zero-order valence-corrected chi connectivity index (χ0v) is 16.5. The lowest BCUT2D eigenvalue weighted by atomic mass is 10.2. The van der Waals surface area contributed by atoms with E-state index in [1.807, 2.05) is 41.8 Å². The molecule has 2 aromatic carbocycles. The Kier molecular flexibility index (Phi) is 6.56. The third kappa shape index (κ3) is 5.90. The van der Waals surface area contributed by atoms with E-state index in [1.165, 1.54) is 11.3 Å². The Labute approximate surface area is 168 Å². The fourth-order valence-corrected chi connectivity index (χ4v) is 3.28. The van der Waals surface area contributed by atoms with Crippen molar-refractivity contribution in [2.75, 3.05) is 11.9 Å². The Balaban J connectivity index is 1.43. The van der Waals surface area contributed by atoms with Crippen LogP contribution in [0.4, 0.5) is 10.8 Å². The zero-order valence-electron chi connectivity index (χ0n) is 14.1. The minimum Gasteiger partial charge on any atom is -0.458 e. The first-order chi connectivity index (χ1) is 13.1. The number of amides is 1. The van der Waals surface area contributed by atoms with Crippen molar-refractivity contribution in [1.82, 2.24) is 10.3 Å². The molecule has 0 atom stereocenters. The molecular formula is C19H16BrN3O3S. The highest BCUT2D eigenvalue weighted by Gasteiger charge is 2.10. The summed E-state index contributed by atoms with van der Waals surface area (Å²) >= 11 is 4.73. The number of thiazole rings is 1. The minimum atomic E-state index is -0.524. The first-order valence-electron chi connectivity index (χ1n) is 8.06. The van der Waals surface area contributed by atoms with Crippen molar-refractivity contribution in [1.29, 1.82) is 0 Å². The van der Waals surface area contributed by atoms with Crippen LogP contribution in [0.2, 0.25) is 0 Å². The number of benzene rings is 2. The van der Waals surface area contributed by atoms with Gasteiger partial charge in [-0.15, -0.1) is 11.3 Å². The lowest BCUT2D eigenvalue weighted by molar-refractivity contribution is -0.143. The van der Waals surface area contributed by atoms with Crippen LogP contribution < -0.4 is 10.6 Å². The fourth-order valence-electron chi connectivity index (χ4n) is 2.17. The second kappa shape index (κ2) is 9.29. The SMILES string of the molecule is O=C(CNC(=O)c1cccc(Br)c1)OCc1csc(Nc2ccccc2)n1. The van der Waals surface area contributed by atoms with Gasteiger partial charge in [-0.25, -0.2) is 4.98 Å². The van der Waals surface area contributed by atoms with Crippen LogP contribution in [0.3, 0.4) is 0 Å². The third-order valence-corrected chi connectivity index (χ3v) is 4.74. The van der Waals surface area contributed by atoms with Crippen LogP contribution in [0.25, 0.3) is 0 Å². The highest BCUT2D eigenvalue weighted by atomic mass is 79.9. The number of nitrogens with one attached hydrogen (secondary N) is 2. The number of hydrogen-bond donors (Lipinski definition) is 2. The summed E-state index contributed by atoms with van der Waals surface area (Å²) in [5.41, 5.74) is 2.05. The predicted molar refractivity (Wildman–Crippen MR) is 108 cm³/mol. The normalized spacial score (nSPS) is 10.3. The van der Waals surface area contributed by atoms with E-state index in [9.17, 15) is 9.59 Å². The van der Waals surface area contributed by atoms with Crippen LogP contribution >= 0.6 is 27.3 Å². The van der Waals surface area contributed by atoms with Crippen molar-refractivity contribution in [3.05, 3.63) is 75.7 Å². The molecule has 1 aromatic heterocycles. The summed E-state index contributed by atoms with van der Waals surface area (Å²) in [6, 6.07) is 16.6. The molecule has 0 aliphatic heterocycles. The van der Waals surface area contributed by atoms with Crippen LogP contribution in [-0.2, 0) is 16.1 Å². The van der Waals surface area contributed by atoms with Crippen LogP contribution in [0.15, 0.2) is 64.5 Å². The standard InChI is InChI=1S/C19H16BrN3O3S/c20-14-6-4-5-13(9-14)18(25)21-10-17(24)26-11-16-12-27-19(23-16)22-15-7-2-1-3-8-15/h1-9,12H,10-11H2,(H,21,25)(H,22,23). The Bertz CT molecular complexity index is 931. The van der Waals surface area contributed by atoms with Crippen molar-refractivity contribution in [2.45, 2.75) is 6.61 Å². The summed E-state index contributed by atoms with van der Waals surface area (Å²) in [6.45, 7) is -0.150. The molecule has 1 amide bonds. The summed E-state index contributed by atoms with van der Waals surface area (Å²) in [6.07, 6.45) is 0. The maximum atomic E-state index is 12.0. The van der Waals surface area contributed by atoms with Crippen LogP contribution in [0, 0.1) is 0 Å². The van der Waals surface area contributed by atoms with Gasteiger partial charge in [-0.3, -0.25) is 9.59 Å². The number of para-hydroxylation sites is 1. The van der Waals surface area contributed by atoms with Gasteiger partial charge in [0, 0.05) is 21.1 Å². The molecule has 0 radical (unpaired) electrons. The number of carbonyl (C=O) groups excluding carboxylic acids is 2. The van der Waals surface area contributed by atoms with Gasteiger partial charge in [0.05, 0.1) is 5.69 Å². The van der Waals surface area contributed by atoms with Gasteiger partial charge in [0.25, 0.3) is 5.91 Å². The Hall–Kier alpha value is -2.71. The Morgan fingerprint density at radius 1 is 1.11 bits per heavy atom. The molecule has 1 heterocycles. The number of anilines is 2. The lowest BCUT2D eigenvalue weighted by Gasteiger charge is -2.06. The second-order valence-corrected chi connectivity index (χ2v) is 7.26. The van der Waals surface area contributed by atoms with Gasteiger partial charge in [0.15, 0.2) is 5.13 Å². The fraction of sp³-hybridized carbons (Fsp3) is 0.105. The summed E-state index contributed by atoms with van der Waals surface area (Å²) in [5, 5.41) is 8.25. The number of rotatable bonds is 7. The number of aromatic nitrogens is 1. The van der Waals surface area contributed by atoms with E-state index in [0.717, 1.165) is 15.3 Å². The highest BCUT2D eigenvalue weighted by Crippen LogP contribution is 2.21. The molecule has 3 aromatic rings. The molecular weight excluding hydrogens is 430 g/mol. The molecule has 8 heteroatoms. The molecule has 0 fully saturated rings. The predicted octanol–water partition coefficient (Wildman–Crippen LogP) is 4.12. The smallest absolute Gasteiger partial charge is 0.325 e. The number of nitrogens with zero attached hydrogens (tertiary/aromatic N) is 1. The van der Waals surface area contributed by atoms with Gasteiger partial charge in [0.2, 0.25) is 0 Å². The van der Waals surface area contributed by atoms with Crippen molar-refractivity contribution in [3.8, 4) is 0 Å². The third-order valence-electron chi connectivity index (χ3n) is 3.44. The number of halogens is 1. The average Bonchev–Trinajstić information content (AvgIpc) is 3.12. The van der Waals surface area contributed by atoms with Crippen molar-refractivity contribution in [3.63, 3.8) is 0 Å². The maximum Gasteiger partial charge on any atom is 0.325 e. The van der Waals surface area contributed by atoms with E-state index < -0.39 is 5.97 Å². The van der Waals surface area contributed by atoms with Gasteiger partial charge in [-0.2, -0.15) is 0 Å². The quantitative estimate of drug-likeness (QED) is 0.534. The summed E-state index contributed by atoms with van der Waals surface area (Å²) in [7, 11) is 0. The molecule has 0 aliphatic rings. The molecule has 0 saturated heterocycles. The minimum absolute atomic E-state index is 0.0541. The number of esters is 1. The number of carbonyl (C=O) groups is 2. The van der Waals surface area contributed by atoms with Gasteiger partial charge in [0.1, 0.15) is 13.2 Å². The van der Waals surface area contributed by atoms with E-state index in [0.29, 0.717) is 11.3 Å². The molecule has 6 nitrogen and oxygen atoms in total. The largest absolute Gasteiger partial charge is 0.458 e. The number of ether oxygens (including phenoxy) is 1. The van der Waals surface area contributed by atoms with Crippen LogP contribution in [-0.4, -0.2) is 23.4 Å². The van der Waals surface area contributed by atoms with E-state index >= 15 is 0 Å². The number of hydrogen-bond acceptors (Lipinski definition) is 6. The van der Waals surface area contributed by atoms with E-state index in [-0.39, 0.29) is 19.1 Å². The van der Waals surface area contributed by atoms with Gasteiger partial charge in [-0.1, -0.05) is 40.2 Å². The van der Waals surface area contributed by atoms with Crippen LogP contribution in [0.1, 0.15) is 16.1 Å².